The van der Waals surface area contributed by atoms with Gasteiger partial charge in [-0.2, -0.15) is 5.26 Å². The van der Waals surface area contributed by atoms with E-state index < -0.39 is 0 Å². The number of para-hydroxylation sites is 1. The maximum absolute atomic E-state index is 11.7. The van der Waals surface area contributed by atoms with Gasteiger partial charge in [0.25, 0.3) is 0 Å². The van der Waals surface area contributed by atoms with Crippen LogP contribution in [0.5, 0.6) is 11.5 Å². The molecule has 1 aliphatic rings. The molecule has 0 spiro atoms. The lowest BCUT2D eigenvalue weighted by atomic mass is 10.0. The smallest absolute Gasteiger partial charge is 0.245 e. The van der Waals surface area contributed by atoms with Crippen LogP contribution >= 0.6 is 0 Å². The normalized spacial score (nSPS) is 14.3. The molecule has 1 heterocycles. The number of carbonyl (C=O) groups excluding carboxylic acids is 1. The maximum Gasteiger partial charge on any atom is 0.245 e. The fraction of sp³-hybridized carbons (Fsp3) is 0.273. The fourth-order valence-electron chi connectivity index (χ4n) is 3.29. The van der Waals surface area contributed by atoms with Crippen molar-refractivity contribution in [2.24, 2.45) is 0 Å². The molecule has 5 heteroatoms. The highest BCUT2D eigenvalue weighted by Gasteiger charge is 2.23. The fourth-order valence-corrected chi connectivity index (χ4v) is 3.29. The van der Waals surface area contributed by atoms with Crippen LogP contribution in [0.15, 0.2) is 55.1 Å². The van der Waals surface area contributed by atoms with Crippen molar-refractivity contribution in [1.29, 1.82) is 5.26 Å². The maximum atomic E-state index is 11.7. The summed E-state index contributed by atoms with van der Waals surface area (Å²) < 4.78 is 11.6. The second-order valence-corrected chi connectivity index (χ2v) is 6.40. The minimum absolute atomic E-state index is 0.0123. The van der Waals surface area contributed by atoms with Gasteiger partial charge >= 0.3 is 0 Å². The second kappa shape index (κ2) is 8.41. The highest BCUT2D eigenvalue weighted by atomic mass is 16.5. The van der Waals surface area contributed by atoms with E-state index in [0.717, 1.165) is 29.7 Å². The van der Waals surface area contributed by atoms with Gasteiger partial charge in [0, 0.05) is 31.5 Å². The van der Waals surface area contributed by atoms with Gasteiger partial charge in [-0.15, -0.1) is 0 Å². The largest absolute Gasteiger partial charge is 0.496 e. The lowest BCUT2D eigenvalue weighted by molar-refractivity contribution is -0.127. The first-order chi connectivity index (χ1) is 13.1. The first-order valence-electron chi connectivity index (χ1n) is 8.91. The molecule has 0 radical (unpaired) electrons. The predicted molar refractivity (Wildman–Crippen MR) is 104 cm³/mol. The molecule has 2 aromatic rings. The summed E-state index contributed by atoms with van der Waals surface area (Å²) in [6.07, 6.45) is 2.86. The third-order valence-electron chi connectivity index (χ3n) is 4.68. The third-order valence-corrected chi connectivity index (χ3v) is 4.68. The molecule has 0 N–H and O–H groups in total. The van der Waals surface area contributed by atoms with Crippen molar-refractivity contribution in [1.82, 2.24) is 4.90 Å². The topological polar surface area (TPSA) is 62.6 Å². The van der Waals surface area contributed by atoms with Gasteiger partial charge in [0.1, 0.15) is 17.6 Å². The number of ether oxygens (including phenoxy) is 2. The van der Waals surface area contributed by atoms with E-state index in [1.165, 1.54) is 6.08 Å². The Morgan fingerprint density at radius 3 is 2.67 bits per heavy atom. The Kier molecular flexibility index (Phi) is 5.77. The van der Waals surface area contributed by atoms with Crippen LogP contribution in [0, 0.1) is 11.3 Å². The SMILES string of the molecule is C=CC(=O)N1CCC(Oc2cc(C#N)cc(-c3ccccc3OC)c2)CC1. The monoisotopic (exact) mass is 362 g/mol. The molecule has 0 atom stereocenters. The van der Waals surface area contributed by atoms with Crippen LogP contribution in [0.2, 0.25) is 0 Å². The molecule has 2 aromatic carbocycles. The number of nitriles is 1. The van der Waals surface area contributed by atoms with Gasteiger partial charge < -0.3 is 14.4 Å². The lowest BCUT2D eigenvalue weighted by Crippen LogP contribution is -2.41. The Morgan fingerprint density at radius 2 is 2.00 bits per heavy atom. The summed E-state index contributed by atoms with van der Waals surface area (Å²) in [7, 11) is 1.63. The van der Waals surface area contributed by atoms with Crippen LogP contribution in [-0.4, -0.2) is 37.1 Å². The first-order valence-corrected chi connectivity index (χ1v) is 8.91. The van der Waals surface area contributed by atoms with E-state index in [-0.39, 0.29) is 12.0 Å². The van der Waals surface area contributed by atoms with Crippen molar-refractivity contribution in [3.8, 4) is 28.7 Å². The minimum Gasteiger partial charge on any atom is -0.496 e. The number of likely N-dealkylation sites (tertiary alicyclic amines) is 1. The van der Waals surface area contributed by atoms with E-state index >= 15 is 0 Å². The number of rotatable bonds is 5. The Balaban J connectivity index is 1.80. The quantitative estimate of drug-likeness (QED) is 0.759. The zero-order chi connectivity index (χ0) is 19.2. The average molecular weight is 362 g/mol. The average Bonchev–Trinajstić information content (AvgIpc) is 2.73. The summed E-state index contributed by atoms with van der Waals surface area (Å²) in [5, 5.41) is 9.40. The van der Waals surface area contributed by atoms with Crippen LogP contribution in [0.1, 0.15) is 18.4 Å². The second-order valence-electron chi connectivity index (χ2n) is 6.40. The number of hydrogen-bond donors (Lipinski definition) is 0. The zero-order valence-electron chi connectivity index (χ0n) is 15.4. The van der Waals surface area contributed by atoms with Gasteiger partial charge in [-0.1, -0.05) is 24.8 Å². The molecular formula is C22H22N2O3. The van der Waals surface area contributed by atoms with Gasteiger partial charge in [-0.3, -0.25) is 4.79 Å². The highest BCUT2D eigenvalue weighted by Crippen LogP contribution is 2.33. The number of nitrogens with zero attached hydrogens (tertiary/aromatic N) is 2. The molecule has 0 bridgehead atoms. The van der Waals surface area contributed by atoms with Crippen molar-refractivity contribution in [3.63, 3.8) is 0 Å². The summed E-state index contributed by atoms with van der Waals surface area (Å²) >= 11 is 0. The number of methoxy groups -OCH3 is 1. The number of amides is 1. The van der Waals surface area contributed by atoms with E-state index in [1.54, 1.807) is 18.1 Å². The third kappa shape index (κ3) is 4.29. The predicted octanol–water partition coefficient (Wildman–Crippen LogP) is 3.79. The molecule has 1 aliphatic heterocycles. The van der Waals surface area contributed by atoms with E-state index in [4.69, 9.17) is 9.47 Å². The molecule has 0 aliphatic carbocycles. The van der Waals surface area contributed by atoms with Crippen molar-refractivity contribution >= 4 is 5.91 Å². The Bertz CT molecular complexity index is 877. The molecular weight excluding hydrogens is 340 g/mol. The number of carbonyl (C=O) groups is 1. The molecule has 0 unspecified atom stereocenters. The molecule has 1 saturated heterocycles. The van der Waals surface area contributed by atoms with E-state index in [0.29, 0.717) is 24.4 Å². The van der Waals surface area contributed by atoms with Crippen LogP contribution in [0.4, 0.5) is 0 Å². The summed E-state index contributed by atoms with van der Waals surface area (Å²) in [6.45, 7) is 4.82. The van der Waals surface area contributed by atoms with Crippen molar-refractivity contribution in [2.75, 3.05) is 20.2 Å². The van der Waals surface area contributed by atoms with E-state index in [9.17, 15) is 10.1 Å². The van der Waals surface area contributed by atoms with E-state index in [1.807, 2.05) is 36.4 Å². The number of piperidine rings is 1. The molecule has 3 rings (SSSR count). The van der Waals surface area contributed by atoms with Crippen LogP contribution in [0.3, 0.4) is 0 Å². The summed E-state index contributed by atoms with van der Waals surface area (Å²) in [5.74, 6) is 1.36. The zero-order valence-corrected chi connectivity index (χ0v) is 15.4. The van der Waals surface area contributed by atoms with Crippen LogP contribution in [-0.2, 0) is 4.79 Å². The summed E-state index contributed by atoms with van der Waals surface area (Å²) in [5.41, 5.74) is 2.32. The molecule has 27 heavy (non-hydrogen) atoms. The summed E-state index contributed by atoms with van der Waals surface area (Å²) in [6, 6.07) is 15.4. The van der Waals surface area contributed by atoms with Crippen molar-refractivity contribution in [2.45, 2.75) is 18.9 Å². The highest BCUT2D eigenvalue weighted by molar-refractivity contribution is 5.87. The number of hydrogen-bond acceptors (Lipinski definition) is 4. The molecule has 0 aromatic heterocycles. The van der Waals surface area contributed by atoms with E-state index in [2.05, 4.69) is 12.6 Å². The molecule has 138 valence electrons. The van der Waals surface area contributed by atoms with Gasteiger partial charge in [-0.05, 0) is 35.9 Å². The molecule has 5 nitrogen and oxygen atoms in total. The Labute approximate surface area is 159 Å². The van der Waals surface area contributed by atoms with Gasteiger partial charge in [0.05, 0.1) is 18.7 Å². The lowest BCUT2D eigenvalue weighted by Gasteiger charge is -2.31. The Morgan fingerprint density at radius 1 is 1.26 bits per heavy atom. The standard InChI is InChI=1S/C22H22N2O3/c1-3-22(25)24-10-8-18(9-11-24)27-19-13-16(15-23)12-17(14-19)20-6-4-5-7-21(20)26-2/h3-7,12-14,18H,1,8-11H2,2H3. The molecule has 1 fully saturated rings. The first kappa shape index (κ1) is 18.5. The van der Waals surface area contributed by atoms with Gasteiger partial charge in [-0.25, -0.2) is 0 Å². The van der Waals surface area contributed by atoms with Gasteiger partial charge in [0.2, 0.25) is 5.91 Å². The van der Waals surface area contributed by atoms with Crippen LogP contribution in [0.25, 0.3) is 11.1 Å². The molecule has 1 amide bonds. The van der Waals surface area contributed by atoms with Crippen molar-refractivity contribution in [3.05, 3.63) is 60.7 Å². The minimum atomic E-state index is -0.0432. The summed E-state index contributed by atoms with van der Waals surface area (Å²) in [4.78, 5) is 13.5. The van der Waals surface area contributed by atoms with Crippen LogP contribution < -0.4 is 9.47 Å². The Hall–Kier alpha value is -3.26. The van der Waals surface area contributed by atoms with Crippen molar-refractivity contribution < 1.29 is 14.3 Å². The number of benzene rings is 2. The van der Waals surface area contributed by atoms with Gasteiger partial charge in [0.15, 0.2) is 0 Å². The molecule has 0 saturated carbocycles.